The van der Waals surface area contributed by atoms with Gasteiger partial charge in [0.2, 0.25) is 0 Å². The standard InChI is InChI=1S/C22H41NO/c1-11-13-20(24-10)22(12-2,23-18(5)19(23)6)15-16(3)14-17(4)21(7,8)9/h14,18-20H,3,11-13,15H2,1-2,4-10H3/b17-14+/t18-,19?,20?,22?,23?/m0/s1. The fraction of sp³-hybridized carbons (Fsp3) is 0.818. The molecule has 1 aliphatic rings. The zero-order chi connectivity index (χ0) is 18.7. The van der Waals surface area contributed by atoms with Gasteiger partial charge < -0.3 is 4.74 Å². The van der Waals surface area contributed by atoms with Crippen molar-refractivity contribution in [2.24, 2.45) is 5.41 Å². The highest BCUT2D eigenvalue weighted by Crippen LogP contribution is 2.46. The fourth-order valence-electron chi connectivity index (χ4n) is 4.06. The van der Waals surface area contributed by atoms with Crippen molar-refractivity contribution in [2.75, 3.05) is 7.11 Å². The number of nitrogens with zero attached hydrogens (tertiary/aromatic N) is 1. The van der Waals surface area contributed by atoms with Crippen LogP contribution in [0, 0.1) is 5.41 Å². The second-order valence-electron chi connectivity index (χ2n) is 8.77. The van der Waals surface area contributed by atoms with Crippen molar-refractivity contribution in [2.45, 2.75) is 105 Å². The zero-order valence-electron chi connectivity index (χ0n) is 17.7. The van der Waals surface area contributed by atoms with E-state index < -0.39 is 0 Å². The quantitative estimate of drug-likeness (QED) is 0.379. The van der Waals surface area contributed by atoms with Gasteiger partial charge in [-0.3, -0.25) is 4.90 Å². The first-order valence-electron chi connectivity index (χ1n) is 9.72. The van der Waals surface area contributed by atoms with E-state index in [-0.39, 0.29) is 17.1 Å². The summed E-state index contributed by atoms with van der Waals surface area (Å²) in [5.74, 6) is 0. The summed E-state index contributed by atoms with van der Waals surface area (Å²) in [5.41, 5.74) is 2.89. The molecule has 0 spiro atoms. The molecule has 1 fully saturated rings. The Labute approximate surface area is 151 Å². The Morgan fingerprint density at radius 1 is 1.21 bits per heavy atom. The molecule has 0 bridgehead atoms. The average molecular weight is 336 g/mol. The van der Waals surface area contributed by atoms with Crippen LogP contribution in [0.3, 0.4) is 0 Å². The summed E-state index contributed by atoms with van der Waals surface area (Å²) in [5, 5.41) is 0. The number of rotatable bonds is 9. The van der Waals surface area contributed by atoms with Crippen molar-refractivity contribution >= 4 is 0 Å². The van der Waals surface area contributed by atoms with Gasteiger partial charge in [0.1, 0.15) is 0 Å². The molecule has 1 heterocycles. The van der Waals surface area contributed by atoms with E-state index in [0.29, 0.717) is 12.1 Å². The summed E-state index contributed by atoms with van der Waals surface area (Å²) in [4.78, 5) is 2.67. The lowest BCUT2D eigenvalue weighted by molar-refractivity contribution is -0.0276. The Balaban J connectivity index is 3.12. The lowest BCUT2D eigenvalue weighted by Crippen LogP contribution is -2.51. The molecule has 0 saturated carbocycles. The Hall–Kier alpha value is -0.600. The molecule has 0 amide bonds. The molecule has 5 atom stereocenters. The van der Waals surface area contributed by atoms with Gasteiger partial charge in [-0.15, -0.1) is 0 Å². The van der Waals surface area contributed by atoms with Crippen molar-refractivity contribution in [3.63, 3.8) is 0 Å². The Bertz CT molecular complexity index is 451. The molecule has 0 aromatic rings. The monoisotopic (exact) mass is 335 g/mol. The lowest BCUT2D eigenvalue weighted by atomic mass is 9.79. The first-order valence-corrected chi connectivity index (χ1v) is 9.72. The van der Waals surface area contributed by atoms with Crippen molar-refractivity contribution < 1.29 is 4.74 Å². The normalized spacial score (nSPS) is 28.4. The van der Waals surface area contributed by atoms with Crippen LogP contribution >= 0.6 is 0 Å². The van der Waals surface area contributed by atoms with Gasteiger partial charge >= 0.3 is 0 Å². The van der Waals surface area contributed by atoms with Gasteiger partial charge in [-0.25, -0.2) is 0 Å². The minimum absolute atomic E-state index is 0.0648. The molecule has 1 aliphatic heterocycles. The maximum Gasteiger partial charge on any atom is 0.0758 e. The molecule has 0 radical (unpaired) electrons. The summed E-state index contributed by atoms with van der Waals surface area (Å²) >= 11 is 0. The van der Waals surface area contributed by atoms with E-state index in [0.717, 1.165) is 25.7 Å². The molecule has 0 aromatic carbocycles. The Kier molecular flexibility index (Phi) is 7.31. The van der Waals surface area contributed by atoms with Gasteiger partial charge in [0, 0.05) is 19.2 Å². The molecule has 1 rings (SSSR count). The summed E-state index contributed by atoms with van der Waals surface area (Å²) in [7, 11) is 1.88. The summed E-state index contributed by atoms with van der Waals surface area (Å²) in [6, 6.07) is 1.28. The first kappa shape index (κ1) is 21.4. The molecular weight excluding hydrogens is 294 g/mol. The second-order valence-corrected chi connectivity index (χ2v) is 8.77. The van der Waals surface area contributed by atoms with Crippen LogP contribution in [0.1, 0.15) is 81.1 Å². The zero-order valence-corrected chi connectivity index (χ0v) is 17.7. The molecule has 0 aromatic heterocycles. The Morgan fingerprint density at radius 3 is 2.08 bits per heavy atom. The van der Waals surface area contributed by atoms with Gasteiger partial charge in [-0.05, 0) is 45.4 Å². The Morgan fingerprint density at radius 2 is 1.75 bits per heavy atom. The van der Waals surface area contributed by atoms with Gasteiger partial charge in [0.25, 0.3) is 0 Å². The third-order valence-corrected chi connectivity index (χ3v) is 6.18. The third-order valence-electron chi connectivity index (χ3n) is 6.18. The van der Waals surface area contributed by atoms with E-state index in [1.807, 2.05) is 7.11 Å². The van der Waals surface area contributed by atoms with Gasteiger partial charge in [0.15, 0.2) is 0 Å². The number of methoxy groups -OCH3 is 1. The summed E-state index contributed by atoms with van der Waals surface area (Å²) < 4.78 is 6.01. The van der Waals surface area contributed by atoms with Crippen LogP contribution in [0.2, 0.25) is 0 Å². The maximum absolute atomic E-state index is 6.01. The fourth-order valence-corrected chi connectivity index (χ4v) is 4.06. The average Bonchev–Trinajstić information content (AvgIpc) is 3.09. The van der Waals surface area contributed by atoms with E-state index in [2.05, 4.69) is 72.9 Å². The van der Waals surface area contributed by atoms with Crippen molar-refractivity contribution in [1.29, 1.82) is 0 Å². The van der Waals surface area contributed by atoms with Crippen LogP contribution in [0.25, 0.3) is 0 Å². The smallest absolute Gasteiger partial charge is 0.0758 e. The van der Waals surface area contributed by atoms with E-state index in [9.17, 15) is 0 Å². The van der Waals surface area contributed by atoms with E-state index >= 15 is 0 Å². The molecule has 24 heavy (non-hydrogen) atoms. The predicted molar refractivity (Wildman–Crippen MR) is 106 cm³/mol. The minimum Gasteiger partial charge on any atom is -0.380 e. The molecule has 0 aliphatic carbocycles. The van der Waals surface area contributed by atoms with E-state index in [1.165, 1.54) is 11.1 Å². The molecule has 2 nitrogen and oxygen atoms in total. The van der Waals surface area contributed by atoms with Gasteiger partial charge in [-0.1, -0.05) is 64.8 Å². The van der Waals surface area contributed by atoms with Crippen molar-refractivity contribution in [3.05, 3.63) is 23.8 Å². The van der Waals surface area contributed by atoms with E-state index in [4.69, 9.17) is 4.74 Å². The number of allylic oxidation sites excluding steroid dienone is 2. The van der Waals surface area contributed by atoms with Crippen LogP contribution in [0.15, 0.2) is 23.8 Å². The molecule has 0 N–H and O–H groups in total. The van der Waals surface area contributed by atoms with E-state index in [1.54, 1.807) is 0 Å². The maximum atomic E-state index is 6.01. The van der Waals surface area contributed by atoms with Crippen LogP contribution in [-0.2, 0) is 4.74 Å². The minimum atomic E-state index is 0.0648. The number of ether oxygens (including phenoxy) is 1. The summed E-state index contributed by atoms with van der Waals surface area (Å²) in [6.45, 7) is 22.7. The first-order chi connectivity index (χ1) is 11.0. The predicted octanol–water partition coefficient (Wildman–Crippen LogP) is 5.98. The molecule has 2 heteroatoms. The van der Waals surface area contributed by atoms with Crippen LogP contribution < -0.4 is 0 Å². The highest BCUT2D eigenvalue weighted by atomic mass is 16.5. The highest BCUT2D eigenvalue weighted by Gasteiger charge is 2.56. The van der Waals surface area contributed by atoms with Crippen LogP contribution in [0.4, 0.5) is 0 Å². The summed E-state index contributed by atoms with van der Waals surface area (Å²) in [6.07, 6.45) is 6.92. The van der Waals surface area contributed by atoms with Crippen molar-refractivity contribution in [3.8, 4) is 0 Å². The molecule has 4 unspecified atom stereocenters. The van der Waals surface area contributed by atoms with Crippen LogP contribution in [-0.4, -0.2) is 35.7 Å². The third kappa shape index (κ3) is 4.52. The number of hydrogen-bond acceptors (Lipinski definition) is 2. The topological polar surface area (TPSA) is 12.2 Å². The van der Waals surface area contributed by atoms with Gasteiger partial charge in [-0.2, -0.15) is 0 Å². The molecule has 140 valence electrons. The second kappa shape index (κ2) is 8.19. The molecular formula is C22H41NO. The van der Waals surface area contributed by atoms with Gasteiger partial charge in [0.05, 0.1) is 11.6 Å². The van der Waals surface area contributed by atoms with Crippen LogP contribution in [0.5, 0.6) is 0 Å². The lowest BCUT2D eigenvalue weighted by Gasteiger charge is -2.42. The highest BCUT2D eigenvalue weighted by molar-refractivity contribution is 5.27. The molecule has 1 saturated heterocycles. The van der Waals surface area contributed by atoms with Crippen molar-refractivity contribution in [1.82, 2.24) is 4.90 Å². The largest absolute Gasteiger partial charge is 0.380 e. The number of hydrogen-bond donors (Lipinski definition) is 0. The SMILES string of the molecule is C=C(/C=C(\C)C(C)(C)C)CC(CC)(C(CCC)OC)N1C(C)[C@@H]1C.